The molecule has 3 rings (SSSR count). The van der Waals surface area contributed by atoms with Crippen molar-refractivity contribution in [3.8, 4) is 0 Å². The van der Waals surface area contributed by atoms with Crippen LogP contribution in [0.15, 0.2) is 30.3 Å². The SMILES string of the molecule is O=C(N[C@H](CO)Cc1ccccc1)N[C@@H]1CCOC2(CCCCC2)C1. The van der Waals surface area contributed by atoms with E-state index in [9.17, 15) is 9.90 Å². The summed E-state index contributed by atoms with van der Waals surface area (Å²) in [6.07, 6.45) is 8.36. The smallest absolute Gasteiger partial charge is 0.315 e. The number of aliphatic hydroxyl groups is 1. The summed E-state index contributed by atoms with van der Waals surface area (Å²) in [7, 11) is 0. The molecule has 0 unspecified atom stereocenters. The van der Waals surface area contributed by atoms with E-state index in [-0.39, 0.29) is 30.3 Å². The average molecular weight is 346 g/mol. The van der Waals surface area contributed by atoms with E-state index in [0.29, 0.717) is 6.42 Å². The molecule has 1 aliphatic carbocycles. The van der Waals surface area contributed by atoms with Gasteiger partial charge in [-0.3, -0.25) is 0 Å². The quantitative estimate of drug-likeness (QED) is 0.768. The fourth-order valence-corrected chi connectivity index (χ4v) is 4.17. The van der Waals surface area contributed by atoms with Crippen LogP contribution in [0.5, 0.6) is 0 Å². The summed E-state index contributed by atoms with van der Waals surface area (Å²) < 4.78 is 6.09. The molecule has 1 aromatic carbocycles. The summed E-state index contributed by atoms with van der Waals surface area (Å²) >= 11 is 0. The highest BCUT2D eigenvalue weighted by Gasteiger charge is 2.38. The second-order valence-electron chi connectivity index (χ2n) is 7.47. The van der Waals surface area contributed by atoms with E-state index in [1.165, 1.54) is 19.3 Å². The average Bonchev–Trinajstić information content (AvgIpc) is 2.62. The Labute approximate surface area is 150 Å². The first-order valence-electron chi connectivity index (χ1n) is 9.55. The Balaban J connectivity index is 1.49. The Morgan fingerprint density at radius 1 is 1.24 bits per heavy atom. The minimum Gasteiger partial charge on any atom is -0.394 e. The highest BCUT2D eigenvalue weighted by atomic mass is 16.5. The van der Waals surface area contributed by atoms with Crippen molar-refractivity contribution in [1.82, 2.24) is 10.6 Å². The summed E-state index contributed by atoms with van der Waals surface area (Å²) in [6.45, 7) is 0.651. The molecule has 2 atom stereocenters. The first kappa shape index (κ1) is 18.2. The molecule has 2 amide bonds. The predicted molar refractivity (Wildman–Crippen MR) is 97.5 cm³/mol. The van der Waals surface area contributed by atoms with Crippen LogP contribution in [0, 0.1) is 0 Å². The normalized spacial score (nSPS) is 23.8. The molecule has 0 radical (unpaired) electrons. The summed E-state index contributed by atoms with van der Waals surface area (Å²) in [5, 5.41) is 15.6. The number of hydrogen-bond acceptors (Lipinski definition) is 3. The van der Waals surface area contributed by atoms with Crippen molar-refractivity contribution >= 4 is 6.03 Å². The van der Waals surface area contributed by atoms with Gasteiger partial charge in [0.15, 0.2) is 0 Å². The number of hydrogen-bond donors (Lipinski definition) is 3. The number of aliphatic hydroxyl groups excluding tert-OH is 1. The Bertz CT molecular complexity index is 538. The van der Waals surface area contributed by atoms with Crippen LogP contribution >= 0.6 is 0 Å². The molecule has 1 aromatic rings. The van der Waals surface area contributed by atoms with Crippen molar-refractivity contribution in [2.45, 2.75) is 69.1 Å². The topological polar surface area (TPSA) is 70.6 Å². The maximum absolute atomic E-state index is 12.4. The van der Waals surface area contributed by atoms with Crippen LogP contribution in [0.3, 0.4) is 0 Å². The predicted octanol–water partition coefficient (Wildman–Crippen LogP) is 2.77. The minimum absolute atomic E-state index is 0.0190. The van der Waals surface area contributed by atoms with Gasteiger partial charge in [-0.15, -0.1) is 0 Å². The van der Waals surface area contributed by atoms with Crippen LogP contribution in [0.1, 0.15) is 50.5 Å². The molecule has 1 saturated heterocycles. The lowest BCUT2D eigenvalue weighted by Crippen LogP contribution is -2.53. The van der Waals surface area contributed by atoms with E-state index < -0.39 is 0 Å². The zero-order chi connectivity index (χ0) is 17.5. The molecule has 2 fully saturated rings. The van der Waals surface area contributed by atoms with Crippen molar-refractivity contribution in [3.63, 3.8) is 0 Å². The summed E-state index contributed by atoms with van der Waals surface area (Å²) in [4.78, 5) is 12.4. The van der Waals surface area contributed by atoms with Crippen molar-refractivity contribution < 1.29 is 14.6 Å². The lowest BCUT2D eigenvalue weighted by molar-refractivity contribution is -0.107. The van der Waals surface area contributed by atoms with Gasteiger partial charge in [0.05, 0.1) is 18.2 Å². The van der Waals surface area contributed by atoms with Gasteiger partial charge >= 0.3 is 6.03 Å². The number of amides is 2. The summed E-state index contributed by atoms with van der Waals surface area (Å²) in [5.41, 5.74) is 1.09. The number of benzene rings is 1. The maximum Gasteiger partial charge on any atom is 0.315 e. The third kappa shape index (κ3) is 5.19. The van der Waals surface area contributed by atoms with Crippen molar-refractivity contribution in [2.75, 3.05) is 13.2 Å². The van der Waals surface area contributed by atoms with Crippen LogP contribution in [-0.2, 0) is 11.2 Å². The van der Waals surface area contributed by atoms with Gasteiger partial charge in [0.25, 0.3) is 0 Å². The molecule has 5 nitrogen and oxygen atoms in total. The third-order valence-corrected chi connectivity index (χ3v) is 5.47. The van der Waals surface area contributed by atoms with Crippen molar-refractivity contribution in [1.29, 1.82) is 0 Å². The molecular weight excluding hydrogens is 316 g/mol. The van der Waals surface area contributed by atoms with Crippen LogP contribution in [0.25, 0.3) is 0 Å². The summed E-state index contributed by atoms with van der Waals surface area (Å²) in [5.74, 6) is 0. The van der Waals surface area contributed by atoms with E-state index in [1.807, 2.05) is 30.3 Å². The highest BCUT2D eigenvalue weighted by Crippen LogP contribution is 2.38. The fourth-order valence-electron chi connectivity index (χ4n) is 4.17. The van der Waals surface area contributed by atoms with Gasteiger partial charge in [-0.2, -0.15) is 0 Å². The molecule has 1 saturated carbocycles. The second kappa shape index (κ2) is 8.68. The molecular formula is C20H30N2O3. The zero-order valence-electron chi connectivity index (χ0n) is 14.9. The minimum atomic E-state index is -0.272. The van der Waals surface area contributed by atoms with Gasteiger partial charge < -0.3 is 20.5 Å². The molecule has 3 N–H and O–H groups in total. The molecule has 0 bridgehead atoms. The van der Waals surface area contributed by atoms with Crippen LogP contribution in [0.4, 0.5) is 4.79 Å². The number of carbonyl (C=O) groups excluding carboxylic acids is 1. The van der Waals surface area contributed by atoms with Gasteiger partial charge in [0.2, 0.25) is 0 Å². The molecule has 138 valence electrons. The number of urea groups is 1. The first-order chi connectivity index (χ1) is 12.2. The number of carbonyl (C=O) groups is 1. The zero-order valence-corrected chi connectivity index (χ0v) is 14.9. The molecule has 0 aromatic heterocycles. The Morgan fingerprint density at radius 3 is 2.72 bits per heavy atom. The standard InChI is InChI=1S/C20H30N2O3/c23-15-18(13-16-7-3-1-4-8-16)22-19(24)21-17-9-12-25-20(14-17)10-5-2-6-11-20/h1,3-4,7-8,17-18,23H,2,5-6,9-15H2,(H2,21,22,24)/t17-,18+/m1/s1. The Kier molecular flexibility index (Phi) is 6.32. The molecule has 1 spiro atoms. The van der Waals surface area contributed by atoms with Gasteiger partial charge in [-0.1, -0.05) is 49.6 Å². The molecule has 1 aliphatic heterocycles. The van der Waals surface area contributed by atoms with Crippen LogP contribution in [0.2, 0.25) is 0 Å². The lowest BCUT2D eigenvalue weighted by atomic mass is 9.78. The first-order valence-corrected chi connectivity index (χ1v) is 9.55. The third-order valence-electron chi connectivity index (χ3n) is 5.47. The molecule has 25 heavy (non-hydrogen) atoms. The molecule has 5 heteroatoms. The van der Waals surface area contributed by atoms with Gasteiger partial charge in [-0.25, -0.2) is 4.79 Å². The monoisotopic (exact) mass is 346 g/mol. The van der Waals surface area contributed by atoms with Gasteiger partial charge in [-0.05, 0) is 37.7 Å². The largest absolute Gasteiger partial charge is 0.394 e. The van der Waals surface area contributed by atoms with Crippen LogP contribution < -0.4 is 10.6 Å². The Morgan fingerprint density at radius 2 is 2.00 bits per heavy atom. The van der Waals surface area contributed by atoms with Crippen molar-refractivity contribution in [3.05, 3.63) is 35.9 Å². The maximum atomic E-state index is 12.4. The fraction of sp³-hybridized carbons (Fsp3) is 0.650. The summed E-state index contributed by atoms with van der Waals surface area (Å²) in [6, 6.07) is 9.61. The van der Waals surface area contributed by atoms with E-state index in [0.717, 1.165) is 37.9 Å². The van der Waals surface area contributed by atoms with Crippen LogP contribution in [-0.4, -0.2) is 42.0 Å². The highest BCUT2D eigenvalue weighted by molar-refractivity contribution is 5.74. The van der Waals surface area contributed by atoms with Crippen molar-refractivity contribution in [2.24, 2.45) is 0 Å². The van der Waals surface area contributed by atoms with E-state index >= 15 is 0 Å². The van der Waals surface area contributed by atoms with E-state index in [1.54, 1.807) is 0 Å². The number of ether oxygens (including phenoxy) is 1. The number of rotatable bonds is 5. The molecule has 1 heterocycles. The van der Waals surface area contributed by atoms with E-state index in [4.69, 9.17) is 4.74 Å². The van der Waals surface area contributed by atoms with Gasteiger partial charge in [0, 0.05) is 12.6 Å². The second-order valence-corrected chi connectivity index (χ2v) is 7.47. The Hall–Kier alpha value is -1.59. The molecule has 2 aliphatic rings. The lowest BCUT2D eigenvalue weighted by Gasteiger charge is -2.43. The number of nitrogens with one attached hydrogen (secondary N) is 2. The van der Waals surface area contributed by atoms with E-state index in [2.05, 4.69) is 10.6 Å². The van der Waals surface area contributed by atoms with Gasteiger partial charge in [0.1, 0.15) is 0 Å².